The molecule has 3 rings (SSSR count). The van der Waals surface area contributed by atoms with Crippen molar-refractivity contribution < 1.29 is 5.11 Å². The summed E-state index contributed by atoms with van der Waals surface area (Å²) in [6.45, 7) is 2.07. The number of aryl methyl sites for hydroxylation is 1. The SMILES string of the molecule is Cc1ccc(-c2cc(CBr)nn2-c2ccc(O)cc2)cc1. The van der Waals surface area contributed by atoms with Crippen molar-refractivity contribution in [2.75, 3.05) is 0 Å². The summed E-state index contributed by atoms with van der Waals surface area (Å²) < 4.78 is 1.90. The van der Waals surface area contributed by atoms with E-state index < -0.39 is 0 Å². The second-order valence-corrected chi connectivity index (χ2v) is 5.51. The second kappa shape index (κ2) is 5.74. The molecule has 0 amide bonds. The van der Waals surface area contributed by atoms with Gasteiger partial charge in [-0.1, -0.05) is 45.8 Å². The van der Waals surface area contributed by atoms with Gasteiger partial charge in [-0.3, -0.25) is 0 Å². The van der Waals surface area contributed by atoms with Gasteiger partial charge >= 0.3 is 0 Å². The largest absolute Gasteiger partial charge is 0.508 e. The highest BCUT2D eigenvalue weighted by molar-refractivity contribution is 9.08. The second-order valence-electron chi connectivity index (χ2n) is 4.95. The van der Waals surface area contributed by atoms with E-state index in [1.165, 1.54) is 5.56 Å². The standard InChI is InChI=1S/C17H15BrN2O/c1-12-2-4-13(5-3-12)17-10-14(11-18)19-20(17)15-6-8-16(21)9-7-15/h2-10,21H,11H2,1H3. The third-order valence-corrected chi connectivity index (χ3v) is 3.91. The predicted molar refractivity (Wildman–Crippen MR) is 88.0 cm³/mol. The number of phenols is 1. The Bertz CT molecular complexity index is 682. The topological polar surface area (TPSA) is 38.0 Å². The summed E-state index contributed by atoms with van der Waals surface area (Å²) >= 11 is 3.46. The molecule has 0 aliphatic rings. The highest BCUT2D eigenvalue weighted by Gasteiger charge is 2.11. The van der Waals surface area contributed by atoms with E-state index in [1.807, 2.05) is 16.8 Å². The van der Waals surface area contributed by atoms with Gasteiger partial charge in [0, 0.05) is 10.9 Å². The minimum atomic E-state index is 0.253. The molecule has 1 aromatic heterocycles. The highest BCUT2D eigenvalue weighted by Crippen LogP contribution is 2.26. The minimum Gasteiger partial charge on any atom is -0.508 e. The Morgan fingerprint density at radius 2 is 1.71 bits per heavy atom. The molecule has 3 aromatic rings. The first-order valence-corrected chi connectivity index (χ1v) is 7.81. The Morgan fingerprint density at radius 1 is 1.05 bits per heavy atom. The Labute approximate surface area is 132 Å². The molecule has 0 saturated heterocycles. The van der Waals surface area contributed by atoms with Gasteiger partial charge in [-0.15, -0.1) is 0 Å². The molecule has 0 radical (unpaired) electrons. The van der Waals surface area contributed by atoms with Crippen LogP contribution in [-0.4, -0.2) is 14.9 Å². The van der Waals surface area contributed by atoms with Crippen LogP contribution in [0.1, 0.15) is 11.3 Å². The third-order valence-electron chi connectivity index (χ3n) is 3.34. The minimum absolute atomic E-state index is 0.253. The summed E-state index contributed by atoms with van der Waals surface area (Å²) in [5, 5.41) is 14.8. The Kier molecular flexibility index (Phi) is 3.80. The maximum atomic E-state index is 9.43. The summed E-state index contributed by atoms with van der Waals surface area (Å²) in [4.78, 5) is 0. The summed E-state index contributed by atoms with van der Waals surface area (Å²) in [6, 6.07) is 17.5. The number of phenolic OH excluding ortho intramolecular Hbond substituents is 1. The number of rotatable bonds is 3. The molecular weight excluding hydrogens is 328 g/mol. The molecule has 3 nitrogen and oxygen atoms in total. The van der Waals surface area contributed by atoms with Crippen molar-refractivity contribution in [3.8, 4) is 22.7 Å². The number of hydrogen-bond donors (Lipinski definition) is 1. The van der Waals surface area contributed by atoms with Gasteiger partial charge in [-0.25, -0.2) is 4.68 Å². The van der Waals surface area contributed by atoms with Crippen LogP contribution < -0.4 is 0 Å². The summed E-state index contributed by atoms with van der Waals surface area (Å²) in [6.07, 6.45) is 0. The maximum Gasteiger partial charge on any atom is 0.115 e. The van der Waals surface area contributed by atoms with Gasteiger partial charge in [-0.2, -0.15) is 5.10 Å². The lowest BCUT2D eigenvalue weighted by Gasteiger charge is -2.08. The van der Waals surface area contributed by atoms with Gasteiger partial charge in [0.05, 0.1) is 17.1 Å². The average molecular weight is 343 g/mol. The van der Waals surface area contributed by atoms with Crippen molar-refractivity contribution in [2.45, 2.75) is 12.3 Å². The fourth-order valence-corrected chi connectivity index (χ4v) is 2.49. The van der Waals surface area contributed by atoms with Gasteiger partial charge in [0.1, 0.15) is 5.75 Å². The van der Waals surface area contributed by atoms with Crippen LogP contribution in [0.3, 0.4) is 0 Å². The van der Waals surface area contributed by atoms with Crippen LogP contribution in [0.4, 0.5) is 0 Å². The lowest BCUT2D eigenvalue weighted by Crippen LogP contribution is -1.99. The van der Waals surface area contributed by atoms with E-state index in [0.29, 0.717) is 5.33 Å². The van der Waals surface area contributed by atoms with Crippen LogP contribution in [0.5, 0.6) is 5.75 Å². The van der Waals surface area contributed by atoms with Crippen LogP contribution in [0, 0.1) is 6.92 Å². The van der Waals surface area contributed by atoms with E-state index in [1.54, 1.807) is 12.1 Å². The van der Waals surface area contributed by atoms with Gasteiger partial charge in [-0.05, 0) is 37.3 Å². The molecule has 0 atom stereocenters. The van der Waals surface area contributed by atoms with Crippen molar-refractivity contribution in [2.24, 2.45) is 0 Å². The van der Waals surface area contributed by atoms with E-state index in [4.69, 9.17) is 0 Å². The van der Waals surface area contributed by atoms with Crippen LogP contribution in [0.15, 0.2) is 54.6 Å². The van der Waals surface area contributed by atoms with E-state index in [2.05, 4.69) is 58.3 Å². The first kappa shape index (κ1) is 13.9. The summed E-state index contributed by atoms with van der Waals surface area (Å²) in [5.74, 6) is 0.253. The molecule has 0 fully saturated rings. The molecule has 1 N–H and O–H groups in total. The molecule has 0 unspecified atom stereocenters. The molecule has 0 aliphatic heterocycles. The van der Waals surface area contributed by atoms with Gasteiger partial charge in [0.15, 0.2) is 0 Å². The number of benzene rings is 2. The molecule has 106 valence electrons. The first-order chi connectivity index (χ1) is 10.2. The fraction of sp³-hybridized carbons (Fsp3) is 0.118. The number of aromatic hydroxyl groups is 1. The van der Waals surface area contributed by atoms with E-state index in [9.17, 15) is 5.11 Å². The molecule has 0 aliphatic carbocycles. The van der Waals surface area contributed by atoms with E-state index >= 15 is 0 Å². The van der Waals surface area contributed by atoms with Crippen molar-refractivity contribution in [1.82, 2.24) is 9.78 Å². The predicted octanol–water partition coefficient (Wildman–Crippen LogP) is 4.45. The summed E-state index contributed by atoms with van der Waals surface area (Å²) in [5.41, 5.74) is 5.29. The third kappa shape index (κ3) is 2.85. The smallest absolute Gasteiger partial charge is 0.115 e. The number of alkyl halides is 1. The van der Waals surface area contributed by atoms with Crippen LogP contribution in [-0.2, 0) is 5.33 Å². The average Bonchev–Trinajstić information content (AvgIpc) is 2.93. The Morgan fingerprint density at radius 3 is 2.33 bits per heavy atom. The van der Waals surface area contributed by atoms with Crippen molar-refractivity contribution in [3.05, 3.63) is 65.9 Å². The highest BCUT2D eigenvalue weighted by atomic mass is 79.9. The number of hydrogen-bond acceptors (Lipinski definition) is 2. The lowest BCUT2D eigenvalue weighted by molar-refractivity contribution is 0.475. The molecule has 1 heterocycles. The Balaban J connectivity index is 2.13. The van der Waals surface area contributed by atoms with Crippen molar-refractivity contribution >= 4 is 15.9 Å². The van der Waals surface area contributed by atoms with Gasteiger partial charge < -0.3 is 5.11 Å². The normalized spacial score (nSPS) is 10.8. The Hall–Kier alpha value is -2.07. The zero-order valence-corrected chi connectivity index (χ0v) is 13.2. The van der Waals surface area contributed by atoms with Gasteiger partial charge in [0.25, 0.3) is 0 Å². The number of aromatic nitrogens is 2. The zero-order valence-electron chi connectivity index (χ0n) is 11.6. The quantitative estimate of drug-likeness (QED) is 0.714. The van der Waals surface area contributed by atoms with Crippen LogP contribution in [0.25, 0.3) is 16.9 Å². The number of nitrogens with zero attached hydrogens (tertiary/aromatic N) is 2. The molecule has 2 aromatic carbocycles. The maximum absolute atomic E-state index is 9.43. The molecule has 0 spiro atoms. The van der Waals surface area contributed by atoms with Gasteiger partial charge in [0.2, 0.25) is 0 Å². The van der Waals surface area contributed by atoms with E-state index in [0.717, 1.165) is 22.6 Å². The molecule has 0 saturated carbocycles. The monoisotopic (exact) mass is 342 g/mol. The summed E-state index contributed by atoms with van der Waals surface area (Å²) in [7, 11) is 0. The number of halogens is 1. The molecule has 0 bridgehead atoms. The van der Waals surface area contributed by atoms with E-state index in [-0.39, 0.29) is 5.75 Å². The van der Waals surface area contributed by atoms with Crippen molar-refractivity contribution in [3.63, 3.8) is 0 Å². The lowest BCUT2D eigenvalue weighted by atomic mass is 10.1. The molecule has 4 heteroatoms. The first-order valence-electron chi connectivity index (χ1n) is 6.69. The zero-order chi connectivity index (χ0) is 14.8. The molecular formula is C17H15BrN2O. The fourth-order valence-electron chi connectivity index (χ4n) is 2.22. The van der Waals surface area contributed by atoms with Crippen LogP contribution in [0.2, 0.25) is 0 Å². The molecule has 21 heavy (non-hydrogen) atoms. The van der Waals surface area contributed by atoms with Crippen LogP contribution >= 0.6 is 15.9 Å². The van der Waals surface area contributed by atoms with Crippen molar-refractivity contribution in [1.29, 1.82) is 0 Å².